The van der Waals surface area contributed by atoms with Crippen molar-refractivity contribution in [2.45, 2.75) is 32.4 Å². The van der Waals surface area contributed by atoms with Gasteiger partial charge in [0.15, 0.2) is 0 Å². The van der Waals surface area contributed by atoms with Crippen molar-refractivity contribution in [1.82, 2.24) is 0 Å². The van der Waals surface area contributed by atoms with Gasteiger partial charge in [0, 0.05) is 5.02 Å². The van der Waals surface area contributed by atoms with Crippen molar-refractivity contribution in [2.24, 2.45) is 0 Å². The van der Waals surface area contributed by atoms with E-state index in [1.54, 1.807) is 0 Å². The Morgan fingerprint density at radius 1 is 1.00 bits per heavy atom. The normalized spacial score (nSPS) is 15.2. The smallest absolute Gasteiger partial charge is 0.0838 e. The molecule has 0 saturated carbocycles. The molecular weight excluding hydrogens is 291 g/mol. The summed E-state index contributed by atoms with van der Waals surface area (Å²) in [6.07, 6.45) is 0. The van der Waals surface area contributed by atoms with Gasteiger partial charge in [-0.3, -0.25) is 0 Å². The third-order valence-electron chi connectivity index (χ3n) is 3.86. The first-order valence-corrected chi connectivity index (χ1v) is 7.48. The van der Waals surface area contributed by atoms with Crippen LogP contribution in [0.15, 0.2) is 30.3 Å². The number of ether oxygens (including phenoxy) is 1. The number of hydrogen-bond acceptors (Lipinski definition) is 1. The standard InChI is InChI=1S/C17H16Cl2O/c1-10-6-16(18)11(2)5-15(10)17(19)12-3-4-13-8-20-9-14(13)7-12/h3-7,17H,8-9H2,1-2H3. The minimum Gasteiger partial charge on any atom is -0.372 e. The maximum atomic E-state index is 6.68. The van der Waals surface area contributed by atoms with Crippen molar-refractivity contribution < 1.29 is 4.74 Å². The monoisotopic (exact) mass is 306 g/mol. The maximum absolute atomic E-state index is 6.68. The molecule has 1 nitrogen and oxygen atoms in total. The Morgan fingerprint density at radius 3 is 2.55 bits per heavy atom. The van der Waals surface area contributed by atoms with Crippen molar-refractivity contribution in [3.63, 3.8) is 0 Å². The number of rotatable bonds is 2. The van der Waals surface area contributed by atoms with Crippen LogP contribution < -0.4 is 0 Å². The van der Waals surface area contributed by atoms with Crippen LogP contribution in [0.2, 0.25) is 5.02 Å². The van der Waals surface area contributed by atoms with Crippen LogP contribution in [0, 0.1) is 13.8 Å². The molecule has 2 aromatic rings. The molecule has 1 aliphatic heterocycles. The van der Waals surface area contributed by atoms with E-state index < -0.39 is 0 Å². The predicted molar refractivity (Wildman–Crippen MR) is 83.6 cm³/mol. The SMILES string of the molecule is Cc1cc(C(Cl)c2ccc3c(c2)COC3)c(C)cc1Cl. The van der Waals surface area contributed by atoms with Crippen LogP contribution in [0.5, 0.6) is 0 Å². The van der Waals surface area contributed by atoms with Gasteiger partial charge in [-0.25, -0.2) is 0 Å². The summed E-state index contributed by atoms with van der Waals surface area (Å²) in [5.41, 5.74) is 6.92. The number of hydrogen-bond donors (Lipinski definition) is 0. The topological polar surface area (TPSA) is 9.23 Å². The highest BCUT2D eigenvalue weighted by Gasteiger charge is 2.18. The van der Waals surface area contributed by atoms with Gasteiger partial charge in [0.2, 0.25) is 0 Å². The van der Waals surface area contributed by atoms with Crippen molar-refractivity contribution in [3.05, 3.63) is 68.7 Å². The molecule has 0 N–H and O–H groups in total. The maximum Gasteiger partial charge on any atom is 0.0838 e. The van der Waals surface area contributed by atoms with Crippen molar-refractivity contribution in [3.8, 4) is 0 Å². The van der Waals surface area contributed by atoms with Gasteiger partial charge in [-0.05, 0) is 53.3 Å². The molecule has 2 aromatic carbocycles. The Morgan fingerprint density at radius 2 is 1.75 bits per heavy atom. The van der Waals surface area contributed by atoms with Crippen LogP contribution in [0.1, 0.15) is 38.8 Å². The lowest BCUT2D eigenvalue weighted by Gasteiger charge is -2.16. The number of aryl methyl sites for hydroxylation is 2. The Bertz CT molecular complexity index is 664. The first-order valence-electron chi connectivity index (χ1n) is 6.66. The largest absolute Gasteiger partial charge is 0.372 e. The van der Waals surface area contributed by atoms with Crippen molar-refractivity contribution in [1.29, 1.82) is 0 Å². The summed E-state index contributed by atoms with van der Waals surface area (Å²) in [5.74, 6) is 0. The number of halogens is 2. The summed E-state index contributed by atoms with van der Waals surface area (Å²) >= 11 is 12.8. The lowest BCUT2D eigenvalue weighted by Crippen LogP contribution is -1.99. The average molecular weight is 307 g/mol. The van der Waals surface area contributed by atoms with Crippen LogP contribution in [-0.4, -0.2) is 0 Å². The third kappa shape index (κ3) is 2.46. The van der Waals surface area contributed by atoms with E-state index >= 15 is 0 Å². The summed E-state index contributed by atoms with van der Waals surface area (Å²) in [4.78, 5) is 0. The van der Waals surface area contributed by atoms with Gasteiger partial charge in [-0.15, -0.1) is 11.6 Å². The van der Waals surface area contributed by atoms with Crippen LogP contribution in [-0.2, 0) is 18.0 Å². The summed E-state index contributed by atoms with van der Waals surface area (Å²) < 4.78 is 5.45. The Labute approximate surface area is 129 Å². The molecule has 0 amide bonds. The van der Waals surface area contributed by atoms with Crippen molar-refractivity contribution in [2.75, 3.05) is 0 Å². The summed E-state index contributed by atoms with van der Waals surface area (Å²) in [6, 6.07) is 10.4. The van der Waals surface area contributed by atoms with Crippen LogP contribution in [0.3, 0.4) is 0 Å². The zero-order chi connectivity index (χ0) is 14.3. The molecule has 104 valence electrons. The molecule has 3 heteroatoms. The highest BCUT2D eigenvalue weighted by atomic mass is 35.5. The number of benzene rings is 2. The molecule has 1 aliphatic rings. The molecule has 0 spiro atoms. The van der Waals surface area contributed by atoms with E-state index in [0.29, 0.717) is 13.2 Å². The minimum absolute atomic E-state index is 0.156. The fraction of sp³-hybridized carbons (Fsp3) is 0.294. The average Bonchev–Trinajstić information content (AvgIpc) is 2.89. The van der Waals surface area contributed by atoms with E-state index in [4.69, 9.17) is 27.9 Å². The van der Waals surface area contributed by atoms with Crippen LogP contribution in [0.25, 0.3) is 0 Å². The lowest BCUT2D eigenvalue weighted by atomic mass is 9.96. The molecule has 0 bridgehead atoms. The first-order chi connectivity index (χ1) is 9.56. The van der Waals surface area contributed by atoms with Crippen LogP contribution in [0.4, 0.5) is 0 Å². The predicted octanol–water partition coefficient (Wildman–Crippen LogP) is 5.32. The zero-order valence-electron chi connectivity index (χ0n) is 11.5. The second-order valence-electron chi connectivity index (χ2n) is 5.34. The fourth-order valence-electron chi connectivity index (χ4n) is 2.61. The Kier molecular flexibility index (Phi) is 3.76. The van der Waals surface area contributed by atoms with Gasteiger partial charge in [0.25, 0.3) is 0 Å². The molecule has 0 aliphatic carbocycles. The minimum atomic E-state index is -0.156. The quantitative estimate of drug-likeness (QED) is 0.683. The van der Waals surface area contributed by atoms with E-state index in [1.807, 2.05) is 19.9 Å². The van der Waals surface area contributed by atoms with E-state index in [9.17, 15) is 0 Å². The van der Waals surface area contributed by atoms with Gasteiger partial charge in [0.1, 0.15) is 0 Å². The lowest BCUT2D eigenvalue weighted by molar-refractivity contribution is 0.134. The summed E-state index contributed by atoms with van der Waals surface area (Å²) in [7, 11) is 0. The van der Waals surface area contributed by atoms with Gasteiger partial charge >= 0.3 is 0 Å². The highest BCUT2D eigenvalue weighted by molar-refractivity contribution is 6.31. The van der Waals surface area contributed by atoms with E-state index in [-0.39, 0.29) is 5.38 Å². The summed E-state index contributed by atoms with van der Waals surface area (Å²) in [5, 5.41) is 0.634. The number of fused-ring (bicyclic) bond motifs is 1. The second-order valence-corrected chi connectivity index (χ2v) is 6.19. The number of alkyl halides is 1. The van der Waals surface area contributed by atoms with Crippen molar-refractivity contribution >= 4 is 23.2 Å². The molecule has 0 saturated heterocycles. The fourth-order valence-corrected chi connectivity index (χ4v) is 3.19. The molecular formula is C17H16Cl2O. The van der Waals surface area contributed by atoms with E-state index in [1.165, 1.54) is 11.1 Å². The molecule has 20 heavy (non-hydrogen) atoms. The molecule has 1 heterocycles. The van der Waals surface area contributed by atoms with Gasteiger partial charge < -0.3 is 4.74 Å². The Balaban J connectivity index is 2.00. The molecule has 0 fully saturated rings. The zero-order valence-corrected chi connectivity index (χ0v) is 13.1. The molecule has 0 radical (unpaired) electrons. The van der Waals surface area contributed by atoms with Gasteiger partial charge in [-0.1, -0.05) is 35.9 Å². The Hall–Kier alpha value is -1.02. The molecule has 3 rings (SSSR count). The van der Waals surface area contributed by atoms with E-state index in [0.717, 1.165) is 27.3 Å². The van der Waals surface area contributed by atoms with Gasteiger partial charge in [-0.2, -0.15) is 0 Å². The third-order valence-corrected chi connectivity index (χ3v) is 4.75. The van der Waals surface area contributed by atoms with E-state index in [2.05, 4.69) is 24.3 Å². The molecule has 0 aromatic heterocycles. The highest BCUT2D eigenvalue weighted by Crippen LogP contribution is 2.35. The summed E-state index contributed by atoms with van der Waals surface area (Å²) in [6.45, 7) is 5.45. The van der Waals surface area contributed by atoms with Gasteiger partial charge in [0.05, 0.1) is 18.6 Å². The molecule has 1 atom stereocenters. The second kappa shape index (κ2) is 5.40. The van der Waals surface area contributed by atoms with Crippen LogP contribution >= 0.6 is 23.2 Å². The molecule has 1 unspecified atom stereocenters. The first kappa shape index (κ1) is 13.9.